The lowest BCUT2D eigenvalue weighted by molar-refractivity contribution is 0.339. The molecule has 128 valence electrons. The Balaban J connectivity index is 2.42. The molecule has 0 bridgehead atoms. The smallest absolute Gasteiger partial charge is 0.115 e. The van der Waals surface area contributed by atoms with Crippen LogP contribution in [0.2, 0.25) is 0 Å². The maximum atomic E-state index is 9.62. The SMILES string of the molecule is C=CCCC[C@H](c1ccc(O)cc1)[C@@](C)(CC)c1ccc(O)cc1. The van der Waals surface area contributed by atoms with Gasteiger partial charge in [-0.05, 0) is 72.4 Å². The summed E-state index contributed by atoms with van der Waals surface area (Å²) in [4.78, 5) is 0. The van der Waals surface area contributed by atoms with E-state index in [2.05, 4.69) is 20.4 Å². The standard InChI is InChI=1S/C22H28O2/c1-4-6-7-8-21(17-9-13-19(23)14-10-17)22(3,5-2)18-11-15-20(24)16-12-18/h4,9-16,21,23-24H,1,5-8H2,2-3H3/t21-,22+/m1/s1. The van der Waals surface area contributed by atoms with Crippen molar-refractivity contribution in [3.8, 4) is 11.5 Å². The van der Waals surface area contributed by atoms with Crippen LogP contribution in [0.4, 0.5) is 0 Å². The lowest BCUT2D eigenvalue weighted by atomic mass is 9.65. The summed E-state index contributed by atoms with van der Waals surface area (Å²) in [6.07, 6.45) is 6.11. The van der Waals surface area contributed by atoms with Crippen molar-refractivity contribution in [3.63, 3.8) is 0 Å². The van der Waals surface area contributed by atoms with Gasteiger partial charge < -0.3 is 10.2 Å². The topological polar surface area (TPSA) is 40.5 Å². The van der Waals surface area contributed by atoms with E-state index < -0.39 is 0 Å². The van der Waals surface area contributed by atoms with E-state index >= 15 is 0 Å². The van der Waals surface area contributed by atoms with Crippen LogP contribution >= 0.6 is 0 Å². The molecule has 2 rings (SSSR count). The Bertz CT molecular complexity index is 643. The van der Waals surface area contributed by atoms with E-state index in [1.807, 2.05) is 30.3 Å². The molecule has 0 aliphatic carbocycles. The molecule has 0 saturated carbocycles. The summed E-state index contributed by atoms with van der Waals surface area (Å²) >= 11 is 0. The van der Waals surface area contributed by atoms with E-state index in [-0.39, 0.29) is 5.41 Å². The molecule has 0 aliphatic rings. The second-order valence-electron chi connectivity index (χ2n) is 6.68. The average Bonchev–Trinajstić information content (AvgIpc) is 2.60. The Morgan fingerprint density at radius 2 is 1.54 bits per heavy atom. The van der Waals surface area contributed by atoms with Crippen LogP contribution in [0.15, 0.2) is 61.2 Å². The molecule has 0 amide bonds. The summed E-state index contributed by atoms with van der Waals surface area (Å²) in [5.41, 5.74) is 2.44. The predicted octanol–water partition coefficient (Wildman–Crippen LogP) is 5.91. The van der Waals surface area contributed by atoms with Gasteiger partial charge in [0.25, 0.3) is 0 Å². The molecular weight excluding hydrogens is 296 g/mol. The summed E-state index contributed by atoms with van der Waals surface area (Å²) in [6, 6.07) is 15.2. The summed E-state index contributed by atoms with van der Waals surface area (Å²) in [6.45, 7) is 8.34. The minimum atomic E-state index is -0.0359. The minimum absolute atomic E-state index is 0.0359. The molecule has 0 unspecified atom stereocenters. The number of hydrogen-bond acceptors (Lipinski definition) is 2. The largest absolute Gasteiger partial charge is 0.508 e. The van der Waals surface area contributed by atoms with Gasteiger partial charge in [-0.1, -0.05) is 44.2 Å². The summed E-state index contributed by atoms with van der Waals surface area (Å²) in [5, 5.41) is 19.2. The fourth-order valence-corrected chi connectivity index (χ4v) is 3.52. The summed E-state index contributed by atoms with van der Waals surface area (Å²) < 4.78 is 0. The maximum Gasteiger partial charge on any atom is 0.115 e. The highest BCUT2D eigenvalue weighted by Crippen LogP contribution is 2.45. The van der Waals surface area contributed by atoms with E-state index in [1.54, 1.807) is 24.3 Å². The molecule has 2 N–H and O–H groups in total. The van der Waals surface area contributed by atoms with Gasteiger partial charge in [0.1, 0.15) is 11.5 Å². The van der Waals surface area contributed by atoms with Crippen molar-refractivity contribution in [1.29, 1.82) is 0 Å². The normalized spacial score (nSPS) is 14.8. The zero-order chi connectivity index (χ0) is 17.6. The first kappa shape index (κ1) is 18.1. The Hall–Kier alpha value is -2.22. The predicted molar refractivity (Wildman–Crippen MR) is 101 cm³/mol. The number of aromatic hydroxyl groups is 2. The van der Waals surface area contributed by atoms with Gasteiger partial charge in [0.2, 0.25) is 0 Å². The number of rotatable bonds is 8. The number of phenolic OH excluding ortho intramolecular Hbond substituents is 2. The van der Waals surface area contributed by atoms with Gasteiger partial charge in [-0.2, -0.15) is 0 Å². The Morgan fingerprint density at radius 3 is 2.04 bits per heavy atom. The summed E-state index contributed by atoms with van der Waals surface area (Å²) in [7, 11) is 0. The van der Waals surface area contributed by atoms with Gasteiger partial charge in [-0.15, -0.1) is 6.58 Å². The number of phenols is 2. The van der Waals surface area contributed by atoms with Gasteiger partial charge in [0.15, 0.2) is 0 Å². The van der Waals surface area contributed by atoms with Crippen molar-refractivity contribution in [2.45, 2.75) is 50.9 Å². The Labute approximate surface area is 145 Å². The zero-order valence-electron chi connectivity index (χ0n) is 14.7. The average molecular weight is 324 g/mol. The van der Waals surface area contributed by atoms with Crippen LogP contribution < -0.4 is 0 Å². The van der Waals surface area contributed by atoms with Crippen LogP contribution in [0.25, 0.3) is 0 Å². The van der Waals surface area contributed by atoms with Crippen molar-refractivity contribution in [3.05, 3.63) is 72.3 Å². The molecule has 0 saturated heterocycles. The molecule has 0 aliphatic heterocycles. The third kappa shape index (κ3) is 4.00. The Kier molecular flexibility index (Phi) is 6.08. The van der Waals surface area contributed by atoms with E-state index in [4.69, 9.17) is 0 Å². The third-order valence-electron chi connectivity index (χ3n) is 5.23. The highest BCUT2D eigenvalue weighted by molar-refractivity contribution is 5.37. The van der Waals surface area contributed by atoms with Gasteiger partial charge in [0, 0.05) is 0 Å². The van der Waals surface area contributed by atoms with Crippen molar-refractivity contribution >= 4 is 0 Å². The minimum Gasteiger partial charge on any atom is -0.508 e. The Morgan fingerprint density at radius 1 is 1.00 bits per heavy atom. The molecule has 2 nitrogen and oxygen atoms in total. The van der Waals surface area contributed by atoms with Gasteiger partial charge in [-0.3, -0.25) is 0 Å². The van der Waals surface area contributed by atoms with E-state index in [0.29, 0.717) is 17.4 Å². The number of hydrogen-bond donors (Lipinski definition) is 2. The molecule has 0 heterocycles. The molecule has 0 spiro atoms. The number of allylic oxidation sites excluding steroid dienone is 1. The summed E-state index contributed by atoms with van der Waals surface area (Å²) in [5.74, 6) is 0.934. The van der Waals surface area contributed by atoms with Crippen LogP contribution in [-0.2, 0) is 5.41 Å². The van der Waals surface area contributed by atoms with E-state index in [9.17, 15) is 10.2 Å². The third-order valence-corrected chi connectivity index (χ3v) is 5.23. The fraction of sp³-hybridized carbons (Fsp3) is 0.364. The number of benzene rings is 2. The first-order valence-electron chi connectivity index (χ1n) is 8.70. The quantitative estimate of drug-likeness (QED) is 0.468. The van der Waals surface area contributed by atoms with Crippen LogP contribution in [0, 0.1) is 0 Å². The zero-order valence-corrected chi connectivity index (χ0v) is 14.7. The van der Waals surface area contributed by atoms with Gasteiger partial charge in [0.05, 0.1) is 0 Å². The van der Waals surface area contributed by atoms with Crippen molar-refractivity contribution in [2.24, 2.45) is 0 Å². The lowest BCUT2D eigenvalue weighted by Crippen LogP contribution is -2.30. The molecule has 2 heteroatoms. The molecule has 2 atom stereocenters. The van der Waals surface area contributed by atoms with Crippen molar-refractivity contribution < 1.29 is 10.2 Å². The van der Waals surface area contributed by atoms with Crippen molar-refractivity contribution in [1.82, 2.24) is 0 Å². The molecule has 0 aromatic heterocycles. The lowest BCUT2D eigenvalue weighted by Gasteiger charge is -2.38. The molecule has 2 aromatic rings. The fourth-order valence-electron chi connectivity index (χ4n) is 3.52. The monoisotopic (exact) mass is 324 g/mol. The molecule has 0 radical (unpaired) electrons. The highest BCUT2D eigenvalue weighted by Gasteiger charge is 2.35. The second-order valence-corrected chi connectivity index (χ2v) is 6.68. The number of unbranched alkanes of at least 4 members (excludes halogenated alkanes) is 1. The van der Waals surface area contributed by atoms with Crippen LogP contribution in [0.3, 0.4) is 0 Å². The van der Waals surface area contributed by atoms with E-state index in [0.717, 1.165) is 25.7 Å². The highest BCUT2D eigenvalue weighted by atomic mass is 16.3. The van der Waals surface area contributed by atoms with Crippen LogP contribution in [-0.4, -0.2) is 10.2 Å². The van der Waals surface area contributed by atoms with Gasteiger partial charge in [-0.25, -0.2) is 0 Å². The first-order chi connectivity index (χ1) is 11.5. The first-order valence-corrected chi connectivity index (χ1v) is 8.70. The van der Waals surface area contributed by atoms with E-state index in [1.165, 1.54) is 11.1 Å². The van der Waals surface area contributed by atoms with Crippen molar-refractivity contribution in [2.75, 3.05) is 0 Å². The molecule has 24 heavy (non-hydrogen) atoms. The van der Waals surface area contributed by atoms with Gasteiger partial charge >= 0.3 is 0 Å². The van der Waals surface area contributed by atoms with Crippen LogP contribution in [0.1, 0.15) is 56.6 Å². The molecule has 2 aromatic carbocycles. The molecular formula is C22H28O2. The second kappa shape index (κ2) is 8.05. The molecule has 0 fully saturated rings. The maximum absolute atomic E-state index is 9.62. The van der Waals surface area contributed by atoms with Crippen LogP contribution in [0.5, 0.6) is 11.5 Å².